The molecule has 0 spiro atoms. The van der Waals surface area contributed by atoms with E-state index in [2.05, 4.69) is 15.5 Å². The van der Waals surface area contributed by atoms with Crippen molar-refractivity contribution in [2.75, 3.05) is 44.7 Å². The van der Waals surface area contributed by atoms with E-state index in [-0.39, 0.29) is 11.8 Å². The highest BCUT2D eigenvalue weighted by molar-refractivity contribution is 6.34. The van der Waals surface area contributed by atoms with E-state index < -0.39 is 0 Å². The molecule has 0 saturated carbocycles. The number of nitrogens with one attached hydrogen (secondary N) is 2. The summed E-state index contributed by atoms with van der Waals surface area (Å²) in [4.78, 5) is 27.7. The largest absolute Gasteiger partial charge is 0.379 e. The Hall–Kier alpha value is -2.87. The van der Waals surface area contributed by atoms with Crippen molar-refractivity contribution in [3.8, 4) is 0 Å². The van der Waals surface area contributed by atoms with Crippen molar-refractivity contribution in [1.29, 1.82) is 0 Å². The molecule has 1 fully saturated rings. The second-order valence-electron chi connectivity index (χ2n) is 7.69. The van der Waals surface area contributed by atoms with Crippen molar-refractivity contribution in [3.63, 3.8) is 0 Å². The van der Waals surface area contributed by atoms with Crippen LogP contribution in [0.15, 0.2) is 48.5 Å². The highest BCUT2D eigenvalue weighted by Gasteiger charge is 2.17. The Morgan fingerprint density at radius 2 is 1.84 bits per heavy atom. The van der Waals surface area contributed by atoms with Crippen molar-refractivity contribution in [3.05, 3.63) is 64.8 Å². The normalized spacial score (nSPS) is 14.4. The van der Waals surface area contributed by atoms with Gasteiger partial charge >= 0.3 is 0 Å². The van der Waals surface area contributed by atoms with Gasteiger partial charge in [0.2, 0.25) is 0 Å². The molecule has 0 atom stereocenters. The van der Waals surface area contributed by atoms with Crippen LogP contribution in [0, 0.1) is 0 Å². The third-order valence-electron chi connectivity index (χ3n) is 5.64. The molecule has 1 aliphatic heterocycles. The van der Waals surface area contributed by atoms with E-state index in [9.17, 15) is 9.59 Å². The number of carbonyl (C=O) groups excluding carboxylic acids is 2. The molecule has 1 saturated heterocycles. The van der Waals surface area contributed by atoms with Crippen molar-refractivity contribution in [2.45, 2.75) is 13.5 Å². The highest BCUT2D eigenvalue weighted by atomic mass is 35.5. The molecule has 1 aromatic heterocycles. The first-order chi connectivity index (χ1) is 15.6. The molecule has 0 radical (unpaired) electrons. The fourth-order valence-corrected chi connectivity index (χ4v) is 4.19. The molecule has 0 unspecified atom stereocenters. The number of hydrogen-bond donors (Lipinski definition) is 2. The number of amides is 2. The Balaban J connectivity index is 1.47. The molecule has 2 aromatic carbocycles. The number of nitrogens with zero attached hydrogens (tertiary/aromatic N) is 2. The number of aryl methyl sites for hydroxylation is 1. The summed E-state index contributed by atoms with van der Waals surface area (Å²) >= 11 is 6.13. The van der Waals surface area contributed by atoms with Gasteiger partial charge in [-0.1, -0.05) is 23.7 Å². The van der Waals surface area contributed by atoms with Crippen LogP contribution in [-0.4, -0.2) is 60.7 Å². The Bertz CT molecular complexity index is 1120. The standard InChI is InChI=1S/C24H27ClN4O3/c1-2-29-21-8-7-18(27-23(30)19-5-3-4-6-20(19)25)15-17(21)16-22(29)24(31)26-9-10-28-11-13-32-14-12-28/h3-8,15-16H,2,9-14H2,1H3,(H,26,31)(H,27,30). The molecule has 0 aliphatic carbocycles. The zero-order valence-corrected chi connectivity index (χ0v) is 18.8. The lowest BCUT2D eigenvalue weighted by Gasteiger charge is -2.26. The number of fused-ring (bicyclic) bond motifs is 1. The molecule has 32 heavy (non-hydrogen) atoms. The summed E-state index contributed by atoms with van der Waals surface area (Å²) in [6, 6.07) is 14.4. The molecular formula is C24H27ClN4O3. The van der Waals surface area contributed by atoms with E-state index in [0.29, 0.717) is 35.1 Å². The summed E-state index contributed by atoms with van der Waals surface area (Å²) in [6.45, 7) is 7.35. The molecule has 1 aliphatic rings. The van der Waals surface area contributed by atoms with Crippen LogP contribution >= 0.6 is 11.6 Å². The molecular weight excluding hydrogens is 428 g/mol. The quantitative estimate of drug-likeness (QED) is 0.571. The van der Waals surface area contributed by atoms with Crippen molar-refractivity contribution >= 4 is 40.0 Å². The minimum atomic E-state index is -0.272. The Labute approximate surface area is 192 Å². The van der Waals surface area contributed by atoms with Gasteiger partial charge in [-0.3, -0.25) is 14.5 Å². The lowest BCUT2D eigenvalue weighted by Crippen LogP contribution is -2.41. The van der Waals surface area contributed by atoms with Gasteiger partial charge in [0.15, 0.2) is 0 Å². The fraction of sp³-hybridized carbons (Fsp3) is 0.333. The Morgan fingerprint density at radius 3 is 2.59 bits per heavy atom. The molecule has 2 heterocycles. The lowest BCUT2D eigenvalue weighted by atomic mass is 10.2. The van der Waals surface area contributed by atoms with Crippen LogP contribution in [-0.2, 0) is 11.3 Å². The first-order valence-electron chi connectivity index (χ1n) is 10.8. The molecule has 2 amide bonds. The number of rotatable bonds is 7. The minimum absolute atomic E-state index is 0.0991. The fourth-order valence-electron chi connectivity index (χ4n) is 3.96. The number of anilines is 1. The van der Waals surface area contributed by atoms with Crippen LogP contribution in [0.5, 0.6) is 0 Å². The summed E-state index contributed by atoms with van der Waals surface area (Å²) in [5.41, 5.74) is 2.62. The smallest absolute Gasteiger partial charge is 0.267 e. The highest BCUT2D eigenvalue weighted by Crippen LogP contribution is 2.25. The first kappa shape index (κ1) is 22.3. The predicted molar refractivity (Wildman–Crippen MR) is 127 cm³/mol. The number of hydrogen-bond acceptors (Lipinski definition) is 4. The molecule has 4 rings (SSSR count). The molecule has 0 bridgehead atoms. The van der Waals surface area contributed by atoms with E-state index in [4.69, 9.17) is 16.3 Å². The Morgan fingerprint density at radius 1 is 1.06 bits per heavy atom. The number of ether oxygens (including phenoxy) is 1. The number of benzene rings is 2. The van der Waals surface area contributed by atoms with Gasteiger partial charge in [-0.2, -0.15) is 0 Å². The summed E-state index contributed by atoms with van der Waals surface area (Å²) in [6.07, 6.45) is 0. The van der Waals surface area contributed by atoms with E-state index in [0.717, 1.165) is 43.8 Å². The van der Waals surface area contributed by atoms with Crippen molar-refractivity contribution in [2.24, 2.45) is 0 Å². The third-order valence-corrected chi connectivity index (χ3v) is 5.97. The number of morpholine rings is 1. The molecule has 3 aromatic rings. The van der Waals surface area contributed by atoms with Gasteiger partial charge < -0.3 is 19.9 Å². The van der Waals surface area contributed by atoms with Crippen LogP contribution < -0.4 is 10.6 Å². The second-order valence-corrected chi connectivity index (χ2v) is 8.10. The maximum atomic E-state index is 12.9. The van der Waals surface area contributed by atoms with Crippen molar-refractivity contribution in [1.82, 2.24) is 14.8 Å². The van der Waals surface area contributed by atoms with Crippen molar-refractivity contribution < 1.29 is 14.3 Å². The molecule has 2 N–H and O–H groups in total. The number of carbonyl (C=O) groups is 2. The van der Waals surface area contributed by atoms with Gasteiger partial charge in [-0.05, 0) is 43.3 Å². The van der Waals surface area contributed by atoms with Crippen LogP contribution in [0.3, 0.4) is 0 Å². The van der Waals surface area contributed by atoms with Gasteiger partial charge in [0.05, 0.1) is 23.8 Å². The summed E-state index contributed by atoms with van der Waals surface area (Å²) in [7, 11) is 0. The summed E-state index contributed by atoms with van der Waals surface area (Å²) in [5, 5.41) is 7.21. The lowest BCUT2D eigenvalue weighted by molar-refractivity contribution is 0.0383. The minimum Gasteiger partial charge on any atom is -0.379 e. The van der Waals surface area contributed by atoms with E-state index in [1.807, 2.05) is 35.8 Å². The van der Waals surface area contributed by atoms with Gasteiger partial charge in [0, 0.05) is 49.3 Å². The molecule has 8 heteroatoms. The Kier molecular flexibility index (Phi) is 7.09. The van der Waals surface area contributed by atoms with E-state index in [1.54, 1.807) is 24.3 Å². The molecule has 168 valence electrons. The van der Waals surface area contributed by atoms with E-state index >= 15 is 0 Å². The number of halogens is 1. The molecule has 7 nitrogen and oxygen atoms in total. The third kappa shape index (κ3) is 4.96. The zero-order valence-electron chi connectivity index (χ0n) is 18.1. The van der Waals surface area contributed by atoms with Crippen LogP contribution in [0.2, 0.25) is 5.02 Å². The predicted octanol–water partition coefficient (Wildman–Crippen LogP) is 3.63. The maximum Gasteiger partial charge on any atom is 0.267 e. The monoisotopic (exact) mass is 454 g/mol. The van der Waals surface area contributed by atoms with Gasteiger partial charge in [0.25, 0.3) is 11.8 Å². The summed E-state index contributed by atoms with van der Waals surface area (Å²) < 4.78 is 7.35. The topological polar surface area (TPSA) is 75.6 Å². The van der Waals surface area contributed by atoms with E-state index in [1.165, 1.54) is 0 Å². The number of aromatic nitrogens is 1. The first-order valence-corrected chi connectivity index (χ1v) is 11.2. The van der Waals surface area contributed by atoms with Gasteiger partial charge in [0.1, 0.15) is 5.69 Å². The van der Waals surface area contributed by atoms with Crippen LogP contribution in [0.25, 0.3) is 10.9 Å². The second kappa shape index (κ2) is 10.2. The zero-order chi connectivity index (χ0) is 22.5. The average Bonchev–Trinajstić information content (AvgIpc) is 3.18. The van der Waals surface area contributed by atoms with Crippen LogP contribution in [0.4, 0.5) is 5.69 Å². The van der Waals surface area contributed by atoms with Gasteiger partial charge in [-0.15, -0.1) is 0 Å². The van der Waals surface area contributed by atoms with Gasteiger partial charge in [-0.25, -0.2) is 0 Å². The van der Waals surface area contributed by atoms with Crippen LogP contribution in [0.1, 0.15) is 27.8 Å². The maximum absolute atomic E-state index is 12.9. The SMILES string of the molecule is CCn1c(C(=O)NCCN2CCOCC2)cc2cc(NC(=O)c3ccccc3Cl)ccc21. The summed E-state index contributed by atoms with van der Waals surface area (Å²) in [5.74, 6) is -0.371. The average molecular weight is 455 g/mol.